The first-order valence-electron chi connectivity index (χ1n) is 5.46. The molecule has 74 valence electrons. The van der Waals surface area contributed by atoms with Crippen LogP contribution in [0.4, 0.5) is 0 Å². The molecule has 0 aromatic heterocycles. The lowest BCUT2D eigenvalue weighted by Crippen LogP contribution is -1.94. The molecule has 1 aliphatic rings. The van der Waals surface area contributed by atoms with Gasteiger partial charge in [0.05, 0.1) is 0 Å². The van der Waals surface area contributed by atoms with Crippen LogP contribution in [0.5, 0.6) is 0 Å². The zero-order chi connectivity index (χ0) is 9.82. The Hall–Kier alpha value is -0.260. The van der Waals surface area contributed by atoms with Crippen molar-refractivity contribution in [2.45, 2.75) is 60.3 Å². The maximum atomic E-state index is 2.31. The van der Waals surface area contributed by atoms with E-state index in [0.29, 0.717) is 0 Å². The van der Waals surface area contributed by atoms with Crippen LogP contribution >= 0.6 is 0 Å². The predicted molar refractivity (Wildman–Crippen MR) is 59.5 cm³/mol. The van der Waals surface area contributed by atoms with E-state index in [4.69, 9.17) is 0 Å². The highest BCUT2D eigenvalue weighted by molar-refractivity contribution is 4.88. The highest BCUT2D eigenvalue weighted by Gasteiger charge is 2.00. The standard InChI is InChI=1S/C7H12.C3H8.C2H6/c1-7-5-3-2-4-6-7;1-3-2;1-2/h2-3,7H,4-6H2,1H3;3H2,1-2H3;1-2H3/t7-;;/m1../s1. The van der Waals surface area contributed by atoms with Gasteiger partial charge in [-0.1, -0.05) is 53.2 Å². The highest BCUT2D eigenvalue weighted by atomic mass is 14.1. The Morgan fingerprint density at radius 1 is 1.17 bits per heavy atom. The largest absolute Gasteiger partial charge is 0.0885 e. The minimum atomic E-state index is 0.949. The zero-order valence-corrected chi connectivity index (χ0v) is 9.56. The molecule has 1 atom stereocenters. The molecule has 0 nitrogen and oxygen atoms in total. The monoisotopic (exact) mass is 170 g/mol. The van der Waals surface area contributed by atoms with Crippen molar-refractivity contribution in [2.75, 3.05) is 0 Å². The second kappa shape index (κ2) is 13.3. The van der Waals surface area contributed by atoms with Gasteiger partial charge in [-0.2, -0.15) is 0 Å². The van der Waals surface area contributed by atoms with Crippen LogP contribution in [0.15, 0.2) is 12.2 Å². The molecule has 0 saturated carbocycles. The Kier molecular flexibility index (Phi) is 15.9. The number of allylic oxidation sites excluding steroid dienone is 2. The molecule has 0 unspecified atom stereocenters. The van der Waals surface area contributed by atoms with Gasteiger partial charge in [0.1, 0.15) is 0 Å². The SMILES string of the molecule is CC.CCC.C[C@@H]1CC=CCC1. The van der Waals surface area contributed by atoms with Crippen molar-refractivity contribution in [3.05, 3.63) is 12.2 Å². The third-order valence-corrected chi connectivity index (χ3v) is 1.53. The summed E-state index contributed by atoms with van der Waals surface area (Å²) in [5, 5.41) is 0. The van der Waals surface area contributed by atoms with Crippen LogP contribution in [-0.4, -0.2) is 0 Å². The minimum Gasteiger partial charge on any atom is -0.0885 e. The lowest BCUT2D eigenvalue weighted by atomic mass is 9.97. The summed E-state index contributed by atoms with van der Waals surface area (Å²) in [5.74, 6) is 0.949. The predicted octanol–water partition coefficient (Wildman–Crippen LogP) is 4.81. The maximum Gasteiger partial charge on any atom is -0.0325 e. The molecule has 0 radical (unpaired) electrons. The third kappa shape index (κ3) is 12.4. The second-order valence-electron chi connectivity index (χ2n) is 3.10. The summed E-state index contributed by atoms with van der Waals surface area (Å²) < 4.78 is 0. The first kappa shape index (κ1) is 14.3. The normalized spacial score (nSPS) is 19.9. The first-order valence-corrected chi connectivity index (χ1v) is 5.46. The van der Waals surface area contributed by atoms with Crippen molar-refractivity contribution in [1.82, 2.24) is 0 Å². The molecule has 0 N–H and O–H groups in total. The van der Waals surface area contributed by atoms with Gasteiger partial charge in [0, 0.05) is 0 Å². The van der Waals surface area contributed by atoms with Crippen LogP contribution in [0.25, 0.3) is 0 Å². The van der Waals surface area contributed by atoms with Gasteiger partial charge >= 0.3 is 0 Å². The highest BCUT2D eigenvalue weighted by Crippen LogP contribution is 2.15. The molecule has 0 amide bonds. The number of hydrogen-bond acceptors (Lipinski definition) is 0. The van der Waals surface area contributed by atoms with E-state index in [-0.39, 0.29) is 0 Å². The average Bonchev–Trinajstić information content (AvgIpc) is 2.11. The van der Waals surface area contributed by atoms with E-state index >= 15 is 0 Å². The van der Waals surface area contributed by atoms with Gasteiger partial charge in [-0.05, 0) is 25.2 Å². The smallest absolute Gasteiger partial charge is 0.0325 e. The second-order valence-corrected chi connectivity index (χ2v) is 3.10. The molecule has 0 bridgehead atoms. The Morgan fingerprint density at radius 3 is 1.83 bits per heavy atom. The molecule has 0 heteroatoms. The third-order valence-electron chi connectivity index (χ3n) is 1.53. The van der Waals surface area contributed by atoms with Crippen molar-refractivity contribution in [2.24, 2.45) is 5.92 Å². The van der Waals surface area contributed by atoms with Crippen LogP contribution in [0, 0.1) is 5.92 Å². The summed E-state index contributed by atoms with van der Waals surface area (Å²) in [6.45, 7) is 10.6. The zero-order valence-electron chi connectivity index (χ0n) is 9.56. The molecule has 0 heterocycles. The van der Waals surface area contributed by atoms with E-state index in [0.717, 1.165) is 5.92 Å². The van der Waals surface area contributed by atoms with Crippen LogP contribution in [0.3, 0.4) is 0 Å². The van der Waals surface area contributed by atoms with Gasteiger partial charge in [0.2, 0.25) is 0 Å². The van der Waals surface area contributed by atoms with Crippen molar-refractivity contribution >= 4 is 0 Å². The van der Waals surface area contributed by atoms with E-state index in [1.165, 1.54) is 25.7 Å². The first-order chi connectivity index (χ1) is 5.81. The topological polar surface area (TPSA) is 0 Å². The van der Waals surface area contributed by atoms with E-state index in [1.807, 2.05) is 13.8 Å². The number of rotatable bonds is 0. The molecular weight excluding hydrogens is 144 g/mol. The van der Waals surface area contributed by atoms with Gasteiger partial charge < -0.3 is 0 Å². The van der Waals surface area contributed by atoms with Crippen LogP contribution in [0.2, 0.25) is 0 Å². The van der Waals surface area contributed by atoms with E-state index < -0.39 is 0 Å². The van der Waals surface area contributed by atoms with Crippen molar-refractivity contribution in [1.29, 1.82) is 0 Å². The summed E-state index contributed by atoms with van der Waals surface area (Å²) in [7, 11) is 0. The van der Waals surface area contributed by atoms with Crippen molar-refractivity contribution in [3.8, 4) is 0 Å². The molecular formula is C12H26. The van der Waals surface area contributed by atoms with E-state index in [9.17, 15) is 0 Å². The summed E-state index contributed by atoms with van der Waals surface area (Å²) in [5.41, 5.74) is 0. The van der Waals surface area contributed by atoms with Gasteiger partial charge in [-0.3, -0.25) is 0 Å². The lowest BCUT2D eigenvalue weighted by Gasteiger charge is -2.09. The fourth-order valence-corrected chi connectivity index (χ4v) is 0.945. The summed E-state index contributed by atoms with van der Waals surface area (Å²) in [4.78, 5) is 0. The molecule has 12 heavy (non-hydrogen) atoms. The number of hydrogen-bond donors (Lipinski definition) is 0. The van der Waals surface area contributed by atoms with Crippen LogP contribution in [-0.2, 0) is 0 Å². The van der Waals surface area contributed by atoms with Gasteiger partial charge in [-0.15, -0.1) is 0 Å². The fraction of sp³-hybridized carbons (Fsp3) is 0.833. The Balaban J connectivity index is 0. The summed E-state index contributed by atoms with van der Waals surface area (Å²) in [6.07, 6.45) is 9.83. The fourth-order valence-electron chi connectivity index (χ4n) is 0.945. The molecule has 1 aliphatic carbocycles. The summed E-state index contributed by atoms with van der Waals surface area (Å²) in [6, 6.07) is 0. The Morgan fingerprint density at radius 2 is 1.67 bits per heavy atom. The van der Waals surface area contributed by atoms with Gasteiger partial charge in [0.15, 0.2) is 0 Å². The van der Waals surface area contributed by atoms with Crippen molar-refractivity contribution < 1.29 is 0 Å². The van der Waals surface area contributed by atoms with Crippen LogP contribution < -0.4 is 0 Å². The Labute approximate surface area is 79.1 Å². The van der Waals surface area contributed by atoms with Gasteiger partial charge in [-0.25, -0.2) is 0 Å². The molecule has 0 spiro atoms. The molecule has 0 aliphatic heterocycles. The van der Waals surface area contributed by atoms with Crippen LogP contribution in [0.1, 0.15) is 60.3 Å². The van der Waals surface area contributed by atoms with E-state index in [2.05, 4.69) is 32.9 Å². The lowest BCUT2D eigenvalue weighted by molar-refractivity contribution is 0.527. The summed E-state index contributed by atoms with van der Waals surface area (Å²) >= 11 is 0. The van der Waals surface area contributed by atoms with Gasteiger partial charge in [0.25, 0.3) is 0 Å². The van der Waals surface area contributed by atoms with E-state index in [1.54, 1.807) is 0 Å². The average molecular weight is 170 g/mol. The molecule has 1 rings (SSSR count). The molecule has 0 aromatic carbocycles. The molecule has 0 aromatic rings. The quantitative estimate of drug-likeness (QED) is 0.458. The molecule has 0 saturated heterocycles. The maximum absolute atomic E-state index is 2.31. The Bertz CT molecular complexity index is 82.0. The minimum absolute atomic E-state index is 0.949. The van der Waals surface area contributed by atoms with Crippen molar-refractivity contribution in [3.63, 3.8) is 0 Å². The molecule has 0 fully saturated rings.